The standard InChI is InChI=1S/C30H28ClN5O2/c31-27-19-32-30-34-24-3-1-2-20(15-24)4-5-22-14-23(18-25(16-22)33-29(27)35-30)28(37)17-21-6-8-26(9-7-21)36-10-12-38-13-11-36/h1-3,6-9,14-16,18-19H,4-5,10-13,17H2,(H2,32,33,34,35). The summed E-state index contributed by atoms with van der Waals surface area (Å²) in [5, 5.41) is 6.96. The molecular formula is C30H28ClN5O2. The Kier molecular flexibility index (Phi) is 6.94. The molecule has 3 heterocycles. The van der Waals surface area contributed by atoms with Crippen LogP contribution in [0.5, 0.6) is 0 Å². The Morgan fingerprint density at radius 1 is 0.921 bits per heavy atom. The van der Waals surface area contributed by atoms with Gasteiger partial charge in [-0.1, -0.05) is 35.9 Å². The molecule has 4 aromatic rings. The Balaban J connectivity index is 1.28. The molecule has 6 rings (SSSR count). The van der Waals surface area contributed by atoms with Crippen molar-refractivity contribution in [2.24, 2.45) is 0 Å². The number of carbonyl (C=O) groups excluding carboxylic acids is 1. The van der Waals surface area contributed by atoms with Crippen LogP contribution in [0.25, 0.3) is 0 Å². The summed E-state index contributed by atoms with van der Waals surface area (Å²) in [6.07, 6.45) is 3.54. The molecule has 1 aromatic heterocycles. The third-order valence-corrected chi connectivity index (χ3v) is 7.16. The zero-order valence-corrected chi connectivity index (χ0v) is 21.7. The minimum atomic E-state index is 0.0662. The largest absolute Gasteiger partial charge is 0.378 e. The molecule has 1 saturated heterocycles. The number of hydrogen-bond donors (Lipinski definition) is 2. The maximum atomic E-state index is 13.4. The lowest BCUT2D eigenvalue weighted by Crippen LogP contribution is -2.36. The first-order valence-corrected chi connectivity index (χ1v) is 13.2. The first-order chi connectivity index (χ1) is 18.6. The Morgan fingerprint density at radius 3 is 2.55 bits per heavy atom. The first kappa shape index (κ1) is 24.4. The van der Waals surface area contributed by atoms with E-state index in [4.69, 9.17) is 16.3 Å². The minimum Gasteiger partial charge on any atom is -0.378 e. The van der Waals surface area contributed by atoms with Crippen molar-refractivity contribution in [3.63, 3.8) is 0 Å². The number of fused-ring (bicyclic) bond motifs is 6. The molecule has 0 unspecified atom stereocenters. The van der Waals surface area contributed by atoms with Gasteiger partial charge in [-0.05, 0) is 72.0 Å². The Morgan fingerprint density at radius 2 is 1.71 bits per heavy atom. The molecule has 0 aliphatic carbocycles. The Hall–Kier alpha value is -3.94. The highest BCUT2D eigenvalue weighted by Gasteiger charge is 2.15. The molecule has 0 spiro atoms. The lowest BCUT2D eigenvalue weighted by atomic mass is 9.97. The molecule has 2 aliphatic heterocycles. The Bertz CT molecular complexity index is 1470. The van der Waals surface area contributed by atoms with E-state index in [0.717, 1.165) is 67.3 Å². The van der Waals surface area contributed by atoms with E-state index in [1.165, 1.54) is 5.56 Å². The van der Waals surface area contributed by atoms with E-state index < -0.39 is 0 Å². The number of anilines is 5. The van der Waals surface area contributed by atoms with Gasteiger partial charge in [0.2, 0.25) is 5.95 Å². The van der Waals surface area contributed by atoms with Crippen LogP contribution in [-0.2, 0) is 24.0 Å². The number of aryl methyl sites for hydroxylation is 2. The summed E-state index contributed by atoms with van der Waals surface area (Å²) in [7, 11) is 0. The number of aromatic nitrogens is 2. The number of rotatable bonds is 4. The van der Waals surface area contributed by atoms with Crippen molar-refractivity contribution in [3.05, 3.63) is 100 Å². The lowest BCUT2D eigenvalue weighted by Gasteiger charge is -2.28. The minimum absolute atomic E-state index is 0.0662. The molecule has 0 saturated carbocycles. The average Bonchev–Trinajstić information content (AvgIpc) is 2.95. The first-order valence-electron chi connectivity index (χ1n) is 12.8. The van der Waals surface area contributed by atoms with Crippen molar-refractivity contribution in [2.45, 2.75) is 19.3 Å². The van der Waals surface area contributed by atoms with Gasteiger partial charge in [0.1, 0.15) is 5.02 Å². The molecule has 192 valence electrons. The smallest absolute Gasteiger partial charge is 0.229 e. The summed E-state index contributed by atoms with van der Waals surface area (Å²) in [5.41, 5.74) is 6.76. The van der Waals surface area contributed by atoms with E-state index in [2.05, 4.69) is 55.8 Å². The summed E-state index contributed by atoms with van der Waals surface area (Å²) >= 11 is 6.42. The summed E-state index contributed by atoms with van der Waals surface area (Å²) in [4.78, 5) is 24.6. The van der Waals surface area contributed by atoms with Crippen molar-refractivity contribution >= 4 is 46.2 Å². The van der Waals surface area contributed by atoms with Gasteiger partial charge in [-0.25, -0.2) is 4.98 Å². The van der Waals surface area contributed by atoms with Crippen LogP contribution >= 0.6 is 11.6 Å². The van der Waals surface area contributed by atoms with E-state index in [-0.39, 0.29) is 5.78 Å². The van der Waals surface area contributed by atoms with Gasteiger partial charge in [0.25, 0.3) is 0 Å². The number of halogens is 1. The summed E-state index contributed by atoms with van der Waals surface area (Å²) < 4.78 is 5.45. The molecule has 38 heavy (non-hydrogen) atoms. The van der Waals surface area contributed by atoms with Gasteiger partial charge in [0, 0.05) is 42.1 Å². The van der Waals surface area contributed by atoms with Gasteiger partial charge in [-0.15, -0.1) is 0 Å². The molecule has 8 heteroatoms. The third-order valence-electron chi connectivity index (χ3n) is 6.88. The second kappa shape index (κ2) is 10.8. The van der Waals surface area contributed by atoms with Crippen molar-refractivity contribution in [3.8, 4) is 0 Å². The molecule has 0 atom stereocenters. The van der Waals surface area contributed by atoms with E-state index in [1.807, 2.05) is 36.4 Å². The maximum Gasteiger partial charge on any atom is 0.229 e. The summed E-state index contributed by atoms with van der Waals surface area (Å²) in [6, 6.07) is 22.4. The highest BCUT2D eigenvalue weighted by molar-refractivity contribution is 6.32. The topological polar surface area (TPSA) is 79.4 Å². The molecule has 2 N–H and O–H groups in total. The highest BCUT2D eigenvalue weighted by Crippen LogP contribution is 2.28. The highest BCUT2D eigenvalue weighted by atomic mass is 35.5. The van der Waals surface area contributed by atoms with Gasteiger partial charge >= 0.3 is 0 Å². The van der Waals surface area contributed by atoms with Gasteiger partial charge in [-0.3, -0.25) is 4.79 Å². The van der Waals surface area contributed by atoms with Crippen molar-refractivity contribution in [1.82, 2.24) is 9.97 Å². The summed E-state index contributed by atoms with van der Waals surface area (Å²) in [5.74, 6) is 0.992. The van der Waals surface area contributed by atoms with Crippen molar-refractivity contribution in [1.29, 1.82) is 0 Å². The van der Waals surface area contributed by atoms with Crippen LogP contribution in [0.4, 0.5) is 28.8 Å². The van der Waals surface area contributed by atoms with E-state index in [9.17, 15) is 4.79 Å². The van der Waals surface area contributed by atoms with Crippen LogP contribution in [0, 0.1) is 0 Å². The fourth-order valence-electron chi connectivity index (χ4n) is 4.88. The van der Waals surface area contributed by atoms with E-state index in [1.54, 1.807) is 6.20 Å². The number of ketones is 1. The number of nitrogens with one attached hydrogen (secondary N) is 2. The molecule has 7 nitrogen and oxygen atoms in total. The predicted octanol–water partition coefficient (Wildman–Crippen LogP) is 5.98. The van der Waals surface area contributed by atoms with Crippen LogP contribution in [0.15, 0.2) is 72.9 Å². The number of carbonyl (C=O) groups is 1. The van der Waals surface area contributed by atoms with Crippen molar-refractivity contribution in [2.75, 3.05) is 41.8 Å². The number of nitrogens with zero attached hydrogens (tertiary/aromatic N) is 3. The maximum absolute atomic E-state index is 13.4. The quantitative estimate of drug-likeness (QED) is 0.317. The molecule has 1 fully saturated rings. The van der Waals surface area contributed by atoms with E-state index in [0.29, 0.717) is 28.8 Å². The molecule has 3 aromatic carbocycles. The second-order valence-electron chi connectivity index (χ2n) is 9.62. The van der Waals surface area contributed by atoms with Crippen LogP contribution < -0.4 is 15.5 Å². The fourth-order valence-corrected chi connectivity index (χ4v) is 5.02. The van der Waals surface area contributed by atoms with Crippen LogP contribution in [0.1, 0.15) is 27.0 Å². The van der Waals surface area contributed by atoms with Crippen molar-refractivity contribution < 1.29 is 9.53 Å². The predicted molar refractivity (Wildman–Crippen MR) is 151 cm³/mol. The number of hydrogen-bond acceptors (Lipinski definition) is 7. The lowest BCUT2D eigenvalue weighted by molar-refractivity contribution is 0.0993. The molecular weight excluding hydrogens is 498 g/mol. The number of benzene rings is 3. The number of ether oxygens (including phenoxy) is 1. The van der Waals surface area contributed by atoms with Gasteiger partial charge < -0.3 is 20.3 Å². The van der Waals surface area contributed by atoms with Gasteiger partial charge in [0.05, 0.1) is 19.4 Å². The third kappa shape index (κ3) is 5.64. The monoisotopic (exact) mass is 525 g/mol. The molecule has 0 amide bonds. The van der Waals surface area contributed by atoms with Gasteiger partial charge in [-0.2, -0.15) is 4.98 Å². The van der Waals surface area contributed by atoms with Crippen LogP contribution in [-0.4, -0.2) is 42.1 Å². The Labute approximate surface area is 226 Å². The SMILES string of the molecule is O=C(Cc1ccc(N2CCOCC2)cc1)c1cc2cc(c1)Nc1nc(ncc1Cl)Nc1cccc(c1)CC2. The zero-order chi connectivity index (χ0) is 25.9. The number of Topliss-reactive ketones (excluding diaryl/α,β-unsaturated/α-hetero) is 1. The fraction of sp³-hybridized carbons (Fsp3) is 0.233. The van der Waals surface area contributed by atoms with Crippen LogP contribution in [0.2, 0.25) is 5.02 Å². The molecule has 0 radical (unpaired) electrons. The van der Waals surface area contributed by atoms with E-state index >= 15 is 0 Å². The van der Waals surface area contributed by atoms with Crippen LogP contribution in [0.3, 0.4) is 0 Å². The molecule has 2 aliphatic rings. The molecule has 6 bridgehead atoms. The second-order valence-corrected chi connectivity index (χ2v) is 10.0. The van der Waals surface area contributed by atoms with Gasteiger partial charge in [0.15, 0.2) is 11.6 Å². The zero-order valence-electron chi connectivity index (χ0n) is 20.9. The summed E-state index contributed by atoms with van der Waals surface area (Å²) in [6.45, 7) is 3.27. The number of morpholine rings is 1. The normalized spacial score (nSPS) is 14.8. The average molecular weight is 526 g/mol.